The first kappa shape index (κ1) is 58.0. The predicted octanol–water partition coefficient (Wildman–Crippen LogP) is -2.35. The largest absolute Gasteiger partial charge is 0.394 e. The van der Waals surface area contributed by atoms with E-state index in [-0.39, 0.29) is 41.1 Å². The zero-order valence-electron chi connectivity index (χ0n) is 42.8. The van der Waals surface area contributed by atoms with Crippen molar-refractivity contribution in [1.82, 2.24) is 0 Å². The van der Waals surface area contributed by atoms with Gasteiger partial charge in [-0.05, 0) is 118 Å². The third kappa shape index (κ3) is 11.1. The highest BCUT2D eigenvalue weighted by Gasteiger charge is 2.63. The molecule has 22 nitrogen and oxygen atoms in total. The van der Waals surface area contributed by atoms with E-state index in [1.165, 1.54) is 19.4 Å². The molecule has 3 saturated carbocycles. The lowest BCUT2D eigenvalue weighted by Gasteiger charge is -2.58. The van der Waals surface area contributed by atoms with Crippen LogP contribution >= 0.6 is 0 Å². The first-order chi connectivity index (χ1) is 34.4. The lowest BCUT2D eigenvalue weighted by Crippen LogP contribution is -2.66. The van der Waals surface area contributed by atoms with Crippen LogP contribution in [-0.2, 0) is 37.9 Å². The van der Waals surface area contributed by atoms with Crippen LogP contribution in [0.5, 0.6) is 0 Å². The molecule has 4 aliphatic carbocycles. The first-order valence-electron chi connectivity index (χ1n) is 26.7. The molecule has 0 aromatic rings. The monoisotopic (exact) mass is 1050 g/mol. The molecule has 0 spiro atoms. The Labute approximate surface area is 426 Å². The molecule has 0 radical (unpaired) electrons. The fourth-order valence-corrected chi connectivity index (χ4v) is 14.5. The molecule has 8 aliphatic rings. The number of hydrogen-bond acceptors (Lipinski definition) is 22. The van der Waals surface area contributed by atoms with Gasteiger partial charge in [0.05, 0.1) is 50.3 Å². The van der Waals surface area contributed by atoms with Crippen LogP contribution in [-0.4, -0.2) is 232 Å². The summed E-state index contributed by atoms with van der Waals surface area (Å²) in [4.78, 5) is 0. The highest BCUT2D eigenvalue weighted by Crippen LogP contribution is 2.67. The van der Waals surface area contributed by atoms with E-state index in [0.29, 0.717) is 43.9 Å². The SMILES string of the molecule is C[C@H](CC[C@H](O)[C@@H](C)[C@H]1[C@@H](O)C[C@H]2[C@@H]3CC=C4C[C@@H](O[C@@H]5O[C@H](CO)[C@@H](O[C@@H]6O[C@@H](C)[C@H](O)[C@@H](O)[C@H]6O)[C@H](O)[C@H]5O[C@@H]5O[C@@H](C)[C@H](O)[C@@H](O)[C@H]5O)CC[C@]4(C)[C@H]3CC[C@]12C)CO[C@@H]1O[C@H](CO)[C@@H](O)[C@H](O)[C@H]1O. The van der Waals surface area contributed by atoms with Gasteiger partial charge in [0.1, 0.15) is 85.5 Å². The van der Waals surface area contributed by atoms with E-state index in [4.69, 9.17) is 37.9 Å². The molecule has 0 aromatic carbocycles. The van der Waals surface area contributed by atoms with E-state index in [1.54, 1.807) is 0 Å². The average molecular weight is 1050 g/mol. The third-order valence-corrected chi connectivity index (χ3v) is 19.0. The second-order valence-corrected chi connectivity index (χ2v) is 23.6. The molecule has 4 heterocycles. The maximum atomic E-state index is 12.0. The summed E-state index contributed by atoms with van der Waals surface area (Å²) in [6.45, 7) is 10.4. The molecular formula is C51H86O22. The molecule has 8 rings (SSSR count). The Morgan fingerprint density at radius 3 is 1.81 bits per heavy atom. The smallest absolute Gasteiger partial charge is 0.187 e. The summed E-state index contributed by atoms with van der Waals surface area (Å²) < 4.78 is 47.8. The molecule has 422 valence electrons. The molecule has 0 aromatic heterocycles. The molecule has 0 bridgehead atoms. The van der Waals surface area contributed by atoms with E-state index < -0.39 is 154 Å². The highest BCUT2D eigenvalue weighted by atomic mass is 16.8. The van der Waals surface area contributed by atoms with Crippen molar-refractivity contribution in [3.63, 3.8) is 0 Å². The van der Waals surface area contributed by atoms with Gasteiger partial charge in [-0.3, -0.25) is 0 Å². The van der Waals surface area contributed by atoms with Crippen molar-refractivity contribution >= 4 is 0 Å². The quantitative estimate of drug-likeness (QED) is 0.0720. The van der Waals surface area contributed by atoms with E-state index in [2.05, 4.69) is 19.9 Å². The molecule has 7 fully saturated rings. The Bertz CT molecular complexity index is 1830. The highest BCUT2D eigenvalue weighted by molar-refractivity contribution is 5.26. The number of aliphatic hydroxyl groups excluding tert-OH is 14. The predicted molar refractivity (Wildman–Crippen MR) is 251 cm³/mol. The fourth-order valence-electron chi connectivity index (χ4n) is 14.5. The summed E-state index contributed by atoms with van der Waals surface area (Å²) in [7, 11) is 0. The van der Waals surface area contributed by atoms with Crippen LogP contribution in [0.2, 0.25) is 0 Å². The van der Waals surface area contributed by atoms with Crippen molar-refractivity contribution < 1.29 is 109 Å². The van der Waals surface area contributed by atoms with Gasteiger partial charge < -0.3 is 109 Å². The summed E-state index contributed by atoms with van der Waals surface area (Å²) in [5.74, 6) is 0.419. The van der Waals surface area contributed by atoms with Crippen LogP contribution in [0.15, 0.2) is 11.6 Å². The second kappa shape index (κ2) is 23.3. The summed E-state index contributed by atoms with van der Waals surface area (Å²) >= 11 is 0. The van der Waals surface area contributed by atoms with Gasteiger partial charge in [0.2, 0.25) is 0 Å². The van der Waals surface area contributed by atoms with Crippen molar-refractivity contribution in [2.24, 2.45) is 46.3 Å². The number of hydrogen-bond donors (Lipinski definition) is 14. The maximum absolute atomic E-state index is 12.0. The molecule has 31 atom stereocenters. The van der Waals surface area contributed by atoms with Gasteiger partial charge in [-0.1, -0.05) is 39.3 Å². The normalized spacial score (nSPS) is 52.6. The van der Waals surface area contributed by atoms with Crippen molar-refractivity contribution in [3.8, 4) is 0 Å². The first-order valence-corrected chi connectivity index (χ1v) is 26.7. The Hall–Kier alpha value is -1.14. The van der Waals surface area contributed by atoms with E-state index in [1.807, 2.05) is 13.8 Å². The van der Waals surface area contributed by atoms with Crippen LogP contribution < -0.4 is 0 Å². The Kier molecular flexibility index (Phi) is 18.5. The summed E-state index contributed by atoms with van der Waals surface area (Å²) in [5, 5.41) is 150. The molecule has 4 saturated heterocycles. The van der Waals surface area contributed by atoms with Gasteiger partial charge in [0, 0.05) is 0 Å². The molecule has 22 heteroatoms. The molecule has 0 amide bonds. The van der Waals surface area contributed by atoms with Crippen LogP contribution in [0, 0.1) is 46.3 Å². The van der Waals surface area contributed by atoms with Crippen molar-refractivity contribution in [2.45, 2.75) is 240 Å². The van der Waals surface area contributed by atoms with Crippen LogP contribution in [0.25, 0.3) is 0 Å². The fraction of sp³-hybridized carbons (Fsp3) is 0.961. The Balaban J connectivity index is 0.914. The standard InChI is InChI=1S/C51H86O22/c1-20(19-66-46-40(62)39(61)36(58)31(17-52)70-46)7-10-29(54)21(2)33-30(55)16-28-26-9-8-24-15-25(11-13-50(24,5)27(26)12-14-51(28,33)6)69-49-45(73-48-42(64)38(60)35(57)23(4)68-48)43(65)44(32(18-53)71-49)72-47-41(63)37(59)34(56)22(3)67-47/h8,20-23,25-49,52-65H,7,9-19H2,1-6H3/t20-,21-,22+,23+,25+,26-,27+,28+,29+,30+,31-,32-,33+,34+,35+,36-,37-,38-,39+,40-,41-,42-,43+,44-,45-,46-,47+,48+,49-,50+,51+/m1/s1. The van der Waals surface area contributed by atoms with Crippen LogP contribution in [0.1, 0.15) is 99.3 Å². The molecular weight excluding hydrogens is 965 g/mol. The summed E-state index contributed by atoms with van der Waals surface area (Å²) in [6.07, 6.45) is -22.4. The number of fused-ring (bicyclic) bond motifs is 5. The van der Waals surface area contributed by atoms with Gasteiger partial charge in [0.25, 0.3) is 0 Å². The molecule has 73 heavy (non-hydrogen) atoms. The minimum absolute atomic E-state index is 0.0675. The Morgan fingerprint density at radius 2 is 1.19 bits per heavy atom. The zero-order valence-corrected chi connectivity index (χ0v) is 42.8. The van der Waals surface area contributed by atoms with E-state index >= 15 is 0 Å². The van der Waals surface area contributed by atoms with Gasteiger partial charge in [-0.15, -0.1) is 0 Å². The minimum Gasteiger partial charge on any atom is -0.394 e. The van der Waals surface area contributed by atoms with Crippen molar-refractivity contribution in [1.29, 1.82) is 0 Å². The topological polar surface area (TPSA) is 357 Å². The minimum atomic E-state index is -1.76. The van der Waals surface area contributed by atoms with Crippen molar-refractivity contribution in [3.05, 3.63) is 11.6 Å². The number of ether oxygens (including phenoxy) is 8. The number of aliphatic hydroxyl groups is 14. The third-order valence-electron chi connectivity index (χ3n) is 19.0. The van der Waals surface area contributed by atoms with Crippen molar-refractivity contribution in [2.75, 3.05) is 19.8 Å². The van der Waals surface area contributed by atoms with E-state index in [9.17, 15) is 71.5 Å². The summed E-state index contributed by atoms with van der Waals surface area (Å²) in [6, 6.07) is 0. The number of allylic oxidation sites excluding steroid dienone is 1. The second-order valence-electron chi connectivity index (χ2n) is 23.6. The molecule has 4 aliphatic heterocycles. The van der Waals surface area contributed by atoms with E-state index in [0.717, 1.165) is 25.7 Å². The summed E-state index contributed by atoms with van der Waals surface area (Å²) in [5.41, 5.74) is 0.813. The maximum Gasteiger partial charge on any atom is 0.187 e. The van der Waals surface area contributed by atoms with Gasteiger partial charge in [-0.2, -0.15) is 0 Å². The molecule has 0 unspecified atom stereocenters. The number of rotatable bonds is 16. The van der Waals surface area contributed by atoms with Crippen LogP contribution in [0.4, 0.5) is 0 Å². The lowest BCUT2D eigenvalue weighted by atomic mass is 9.47. The zero-order chi connectivity index (χ0) is 53.2. The Morgan fingerprint density at radius 1 is 0.616 bits per heavy atom. The van der Waals surface area contributed by atoms with Gasteiger partial charge in [-0.25, -0.2) is 0 Å². The average Bonchev–Trinajstić information content (AvgIpc) is 3.64. The lowest BCUT2D eigenvalue weighted by molar-refractivity contribution is -0.388. The molecule has 14 N–H and O–H groups in total. The van der Waals surface area contributed by atoms with Gasteiger partial charge in [0.15, 0.2) is 25.2 Å². The van der Waals surface area contributed by atoms with Crippen LogP contribution in [0.3, 0.4) is 0 Å². The van der Waals surface area contributed by atoms with Gasteiger partial charge >= 0.3 is 0 Å².